The first kappa shape index (κ1) is 12.3. The van der Waals surface area contributed by atoms with Crippen molar-refractivity contribution >= 4 is 23.2 Å². The number of hydrogen-bond donors (Lipinski definition) is 2. The summed E-state index contributed by atoms with van der Waals surface area (Å²) < 4.78 is 5.10. The lowest BCUT2D eigenvalue weighted by molar-refractivity contribution is -0.122. The second kappa shape index (κ2) is 5.92. The van der Waals surface area contributed by atoms with Crippen molar-refractivity contribution < 1.29 is 19.4 Å². The molecule has 16 heavy (non-hydrogen) atoms. The molecule has 0 aliphatic carbocycles. The first-order valence-corrected chi connectivity index (χ1v) is 5.33. The van der Waals surface area contributed by atoms with Crippen molar-refractivity contribution in [2.24, 2.45) is 0 Å². The van der Waals surface area contributed by atoms with Crippen LogP contribution in [0.5, 0.6) is 5.75 Å². The predicted octanol–water partition coefficient (Wildman–Crippen LogP) is 1.13. The average molecular weight is 241 g/mol. The summed E-state index contributed by atoms with van der Waals surface area (Å²) in [4.78, 5) is 21.9. The van der Waals surface area contributed by atoms with Crippen molar-refractivity contribution in [1.82, 2.24) is 5.32 Å². The molecule has 0 atom stereocenters. The van der Waals surface area contributed by atoms with E-state index < -0.39 is 5.97 Å². The van der Waals surface area contributed by atoms with Crippen LogP contribution in [0.3, 0.4) is 0 Å². The minimum Gasteiger partial charge on any atom is -0.483 e. The molecule has 1 rings (SSSR count). The van der Waals surface area contributed by atoms with Gasteiger partial charge in [0.1, 0.15) is 10.6 Å². The SMILES string of the molecule is C=CCNC(=O)COc1csc(C(=O)O)c1. The van der Waals surface area contributed by atoms with Crippen molar-refractivity contribution in [2.75, 3.05) is 13.2 Å². The van der Waals surface area contributed by atoms with E-state index in [1.54, 1.807) is 11.5 Å². The molecule has 0 saturated heterocycles. The molecular formula is C10H11NO4S. The maximum absolute atomic E-state index is 11.1. The second-order valence-corrected chi connectivity index (χ2v) is 3.74. The third-order valence-electron chi connectivity index (χ3n) is 1.60. The van der Waals surface area contributed by atoms with E-state index in [4.69, 9.17) is 9.84 Å². The normalized spacial score (nSPS) is 9.50. The van der Waals surface area contributed by atoms with Crippen molar-refractivity contribution in [3.8, 4) is 5.75 Å². The molecule has 1 amide bonds. The molecule has 0 aliphatic rings. The minimum atomic E-state index is -1.00. The fraction of sp³-hybridized carbons (Fsp3) is 0.200. The van der Waals surface area contributed by atoms with Crippen LogP contribution in [-0.2, 0) is 4.79 Å². The van der Waals surface area contributed by atoms with E-state index in [9.17, 15) is 9.59 Å². The van der Waals surface area contributed by atoms with Crippen LogP contribution < -0.4 is 10.1 Å². The third kappa shape index (κ3) is 3.74. The van der Waals surface area contributed by atoms with Gasteiger partial charge in [-0.25, -0.2) is 4.79 Å². The fourth-order valence-corrected chi connectivity index (χ4v) is 1.56. The van der Waals surface area contributed by atoms with Gasteiger partial charge in [-0.1, -0.05) is 6.08 Å². The van der Waals surface area contributed by atoms with Gasteiger partial charge in [-0.3, -0.25) is 4.79 Å². The predicted molar refractivity (Wildman–Crippen MR) is 60.0 cm³/mol. The minimum absolute atomic E-state index is 0.135. The molecule has 0 aliphatic heterocycles. The van der Waals surface area contributed by atoms with E-state index in [-0.39, 0.29) is 17.4 Å². The van der Waals surface area contributed by atoms with Gasteiger partial charge >= 0.3 is 5.97 Å². The summed E-state index contributed by atoms with van der Waals surface area (Å²) in [5, 5.41) is 12.7. The Hall–Kier alpha value is -1.82. The van der Waals surface area contributed by atoms with E-state index in [0.29, 0.717) is 12.3 Å². The Morgan fingerprint density at radius 2 is 2.38 bits per heavy atom. The fourth-order valence-electron chi connectivity index (χ4n) is 0.893. The summed E-state index contributed by atoms with van der Waals surface area (Å²) in [5.74, 6) is -0.893. The molecular weight excluding hydrogens is 230 g/mol. The Morgan fingerprint density at radius 1 is 1.62 bits per heavy atom. The zero-order chi connectivity index (χ0) is 12.0. The Balaban J connectivity index is 2.39. The van der Waals surface area contributed by atoms with Crippen LogP contribution in [0.15, 0.2) is 24.1 Å². The summed E-state index contributed by atoms with van der Waals surface area (Å²) in [5.41, 5.74) is 0. The molecule has 0 radical (unpaired) electrons. The quantitative estimate of drug-likeness (QED) is 0.732. The second-order valence-electron chi connectivity index (χ2n) is 2.83. The van der Waals surface area contributed by atoms with Crippen LogP contribution in [0.4, 0.5) is 0 Å². The molecule has 5 nitrogen and oxygen atoms in total. The van der Waals surface area contributed by atoms with Gasteiger partial charge in [0.15, 0.2) is 6.61 Å². The van der Waals surface area contributed by atoms with Crippen molar-refractivity contribution in [1.29, 1.82) is 0 Å². The number of amides is 1. The van der Waals surface area contributed by atoms with Gasteiger partial charge < -0.3 is 15.2 Å². The lowest BCUT2D eigenvalue weighted by Crippen LogP contribution is -2.28. The molecule has 0 saturated carbocycles. The Bertz CT molecular complexity index is 399. The van der Waals surface area contributed by atoms with Crippen molar-refractivity contribution in [3.05, 3.63) is 29.0 Å². The van der Waals surface area contributed by atoms with Crippen LogP contribution in [0.2, 0.25) is 0 Å². The van der Waals surface area contributed by atoms with Gasteiger partial charge in [-0.15, -0.1) is 17.9 Å². The van der Waals surface area contributed by atoms with Gasteiger partial charge in [-0.05, 0) is 0 Å². The molecule has 0 unspecified atom stereocenters. The average Bonchev–Trinajstić information content (AvgIpc) is 2.72. The highest BCUT2D eigenvalue weighted by Gasteiger charge is 2.08. The highest BCUT2D eigenvalue weighted by atomic mass is 32.1. The van der Waals surface area contributed by atoms with Crippen molar-refractivity contribution in [3.63, 3.8) is 0 Å². The lowest BCUT2D eigenvalue weighted by Gasteiger charge is -2.03. The van der Waals surface area contributed by atoms with E-state index in [2.05, 4.69) is 11.9 Å². The Labute approximate surface area is 96.4 Å². The molecule has 2 N–H and O–H groups in total. The maximum atomic E-state index is 11.1. The summed E-state index contributed by atoms with van der Waals surface area (Å²) >= 11 is 1.05. The zero-order valence-electron chi connectivity index (χ0n) is 8.43. The van der Waals surface area contributed by atoms with Gasteiger partial charge in [0, 0.05) is 18.0 Å². The highest BCUT2D eigenvalue weighted by Crippen LogP contribution is 2.21. The van der Waals surface area contributed by atoms with Gasteiger partial charge in [0.2, 0.25) is 0 Å². The summed E-state index contributed by atoms with van der Waals surface area (Å²) in [6.07, 6.45) is 1.56. The Kier molecular flexibility index (Phi) is 4.53. The molecule has 0 aromatic carbocycles. The van der Waals surface area contributed by atoms with Crippen LogP contribution in [0.25, 0.3) is 0 Å². The number of carbonyl (C=O) groups excluding carboxylic acids is 1. The van der Waals surface area contributed by atoms with Crippen LogP contribution in [-0.4, -0.2) is 30.1 Å². The first-order chi connectivity index (χ1) is 7.63. The number of nitrogens with one attached hydrogen (secondary N) is 1. The van der Waals surface area contributed by atoms with Crippen LogP contribution in [0.1, 0.15) is 9.67 Å². The molecule has 6 heteroatoms. The number of carboxylic acid groups (broad SMARTS) is 1. The van der Waals surface area contributed by atoms with Gasteiger partial charge in [0.25, 0.3) is 5.91 Å². The van der Waals surface area contributed by atoms with E-state index in [1.807, 2.05) is 0 Å². The summed E-state index contributed by atoms with van der Waals surface area (Å²) in [7, 11) is 0. The smallest absolute Gasteiger partial charge is 0.346 e. The topological polar surface area (TPSA) is 75.6 Å². The molecule has 86 valence electrons. The standard InChI is InChI=1S/C10H11NO4S/c1-2-3-11-9(12)5-15-7-4-8(10(13)14)16-6-7/h2,4,6H,1,3,5H2,(H,11,12)(H,13,14). The number of hydrogen-bond acceptors (Lipinski definition) is 4. The first-order valence-electron chi connectivity index (χ1n) is 4.45. The monoisotopic (exact) mass is 241 g/mol. The molecule has 1 aromatic heterocycles. The molecule has 0 spiro atoms. The molecule has 1 heterocycles. The van der Waals surface area contributed by atoms with Gasteiger partial charge in [0.05, 0.1) is 0 Å². The number of ether oxygens (including phenoxy) is 1. The van der Waals surface area contributed by atoms with E-state index in [0.717, 1.165) is 11.3 Å². The highest BCUT2D eigenvalue weighted by molar-refractivity contribution is 7.12. The third-order valence-corrected chi connectivity index (χ3v) is 2.50. The largest absolute Gasteiger partial charge is 0.483 e. The summed E-state index contributed by atoms with van der Waals surface area (Å²) in [6, 6.07) is 1.38. The molecule has 1 aromatic rings. The maximum Gasteiger partial charge on any atom is 0.346 e. The molecule has 0 fully saturated rings. The number of rotatable bonds is 6. The number of aromatic carboxylic acids is 1. The van der Waals surface area contributed by atoms with Crippen LogP contribution >= 0.6 is 11.3 Å². The van der Waals surface area contributed by atoms with Crippen LogP contribution in [0, 0.1) is 0 Å². The summed E-state index contributed by atoms with van der Waals surface area (Å²) in [6.45, 7) is 3.70. The lowest BCUT2D eigenvalue weighted by atomic mass is 10.4. The number of thiophene rings is 1. The van der Waals surface area contributed by atoms with E-state index in [1.165, 1.54) is 6.07 Å². The zero-order valence-corrected chi connectivity index (χ0v) is 9.25. The molecule has 0 bridgehead atoms. The van der Waals surface area contributed by atoms with Crippen molar-refractivity contribution in [2.45, 2.75) is 0 Å². The van der Waals surface area contributed by atoms with E-state index >= 15 is 0 Å². The Morgan fingerprint density at radius 3 is 2.94 bits per heavy atom. The number of carbonyl (C=O) groups is 2. The van der Waals surface area contributed by atoms with Gasteiger partial charge in [-0.2, -0.15) is 0 Å². The number of carboxylic acids is 1.